The van der Waals surface area contributed by atoms with Gasteiger partial charge in [0.05, 0.1) is 10.5 Å². The summed E-state index contributed by atoms with van der Waals surface area (Å²) in [5, 5.41) is 20.4. The number of ether oxygens (including phenoxy) is 1. The van der Waals surface area contributed by atoms with Crippen LogP contribution < -0.4 is 4.74 Å². The van der Waals surface area contributed by atoms with E-state index < -0.39 is 10.9 Å². The van der Waals surface area contributed by atoms with Crippen molar-refractivity contribution in [2.45, 2.75) is 65.2 Å². The van der Waals surface area contributed by atoms with Crippen LogP contribution in [-0.4, -0.2) is 25.9 Å². The van der Waals surface area contributed by atoms with E-state index in [0.29, 0.717) is 11.4 Å². The average Bonchev–Trinajstić information content (AvgIpc) is 3.32. The van der Waals surface area contributed by atoms with Crippen molar-refractivity contribution in [3.8, 4) is 11.4 Å². The van der Waals surface area contributed by atoms with Crippen LogP contribution in [0.2, 0.25) is 0 Å². The fraction of sp³-hybridized carbons (Fsp3) is 0.345. The maximum atomic E-state index is 13.3. The predicted octanol–water partition coefficient (Wildman–Crippen LogP) is 6.92. The van der Waals surface area contributed by atoms with Crippen LogP contribution in [0.3, 0.4) is 0 Å². The van der Waals surface area contributed by atoms with Gasteiger partial charge in [0.15, 0.2) is 5.75 Å². The standard InChI is InChI=1S/C29H32N4O4/c1-7-28(3,4)20-17-22(29(5,6)8-2)26(37-27(34)19-13-15-21(16-14-19)33(35)36)25(18-20)32-30-23-11-9-10-12-24(23)31-32/h9-18H,7-8H2,1-6H3. The summed E-state index contributed by atoms with van der Waals surface area (Å²) in [4.78, 5) is 25.4. The Morgan fingerprint density at radius 2 is 1.49 bits per heavy atom. The molecule has 4 rings (SSSR count). The molecule has 37 heavy (non-hydrogen) atoms. The molecule has 1 aromatic heterocycles. The van der Waals surface area contributed by atoms with E-state index in [1.165, 1.54) is 29.1 Å². The number of carbonyl (C=O) groups excluding carboxylic acids is 1. The second-order valence-corrected chi connectivity index (χ2v) is 10.5. The number of nitro benzene ring substituents is 1. The summed E-state index contributed by atoms with van der Waals surface area (Å²) in [6.45, 7) is 12.8. The Kier molecular flexibility index (Phi) is 6.86. The Balaban J connectivity index is 1.94. The van der Waals surface area contributed by atoms with Crippen molar-refractivity contribution in [2.24, 2.45) is 0 Å². The molecule has 0 aliphatic carbocycles. The van der Waals surface area contributed by atoms with Gasteiger partial charge in [0.1, 0.15) is 16.7 Å². The summed E-state index contributed by atoms with van der Waals surface area (Å²) in [5.74, 6) is -0.227. The van der Waals surface area contributed by atoms with Gasteiger partial charge in [-0.15, -0.1) is 15.0 Å². The molecule has 1 heterocycles. The van der Waals surface area contributed by atoms with Crippen molar-refractivity contribution in [3.63, 3.8) is 0 Å². The summed E-state index contributed by atoms with van der Waals surface area (Å²) < 4.78 is 6.09. The third-order valence-corrected chi connectivity index (χ3v) is 7.36. The number of aromatic nitrogens is 3. The topological polar surface area (TPSA) is 100 Å². The Labute approximate surface area is 216 Å². The number of benzene rings is 3. The largest absolute Gasteiger partial charge is 0.420 e. The van der Waals surface area contributed by atoms with Crippen LogP contribution in [0.1, 0.15) is 75.9 Å². The number of carbonyl (C=O) groups is 1. The lowest BCUT2D eigenvalue weighted by Gasteiger charge is -2.31. The van der Waals surface area contributed by atoms with Crippen LogP contribution in [0.5, 0.6) is 5.75 Å². The SMILES string of the molecule is CCC(C)(C)c1cc(-n2nc3ccccc3n2)c(OC(=O)c2ccc([N+](=O)[O-])cc2)c(C(C)(C)CC)c1. The Bertz CT molecular complexity index is 1440. The second kappa shape index (κ2) is 9.76. The minimum Gasteiger partial charge on any atom is -0.420 e. The number of rotatable bonds is 8. The molecule has 0 saturated carbocycles. The number of nitrogens with zero attached hydrogens (tertiary/aromatic N) is 4. The average molecular weight is 501 g/mol. The first kappa shape index (κ1) is 26.0. The molecule has 0 spiro atoms. The zero-order chi connectivity index (χ0) is 27.0. The third-order valence-electron chi connectivity index (χ3n) is 7.36. The van der Waals surface area contributed by atoms with E-state index in [1.54, 1.807) is 0 Å². The van der Waals surface area contributed by atoms with Crippen molar-refractivity contribution in [1.82, 2.24) is 15.0 Å². The van der Waals surface area contributed by atoms with Gasteiger partial charge in [-0.2, -0.15) is 0 Å². The van der Waals surface area contributed by atoms with Gasteiger partial charge < -0.3 is 4.74 Å². The fourth-order valence-electron chi connectivity index (χ4n) is 4.00. The molecule has 0 fully saturated rings. The summed E-state index contributed by atoms with van der Waals surface area (Å²) in [5.41, 5.74) is 3.66. The molecule has 8 nitrogen and oxygen atoms in total. The first-order valence-corrected chi connectivity index (χ1v) is 12.4. The monoisotopic (exact) mass is 500 g/mol. The highest BCUT2D eigenvalue weighted by Gasteiger charge is 2.31. The Hall–Kier alpha value is -4.07. The van der Waals surface area contributed by atoms with Crippen LogP contribution in [0.4, 0.5) is 5.69 Å². The van der Waals surface area contributed by atoms with Gasteiger partial charge in [0.2, 0.25) is 0 Å². The van der Waals surface area contributed by atoms with Gasteiger partial charge in [0, 0.05) is 17.7 Å². The molecular weight excluding hydrogens is 468 g/mol. The fourth-order valence-corrected chi connectivity index (χ4v) is 4.00. The van der Waals surface area contributed by atoms with E-state index in [4.69, 9.17) is 14.9 Å². The molecule has 0 bridgehead atoms. The van der Waals surface area contributed by atoms with Crippen LogP contribution in [0.15, 0.2) is 60.7 Å². The quantitative estimate of drug-likeness (QED) is 0.113. The number of non-ortho nitro benzene ring substituents is 1. The second-order valence-electron chi connectivity index (χ2n) is 10.5. The van der Waals surface area contributed by atoms with Crippen molar-refractivity contribution in [1.29, 1.82) is 0 Å². The number of hydrogen-bond donors (Lipinski definition) is 0. The molecule has 4 aromatic rings. The van der Waals surface area contributed by atoms with E-state index in [0.717, 1.165) is 35.0 Å². The lowest BCUT2D eigenvalue weighted by molar-refractivity contribution is -0.384. The van der Waals surface area contributed by atoms with Gasteiger partial charge in [-0.3, -0.25) is 10.1 Å². The van der Waals surface area contributed by atoms with E-state index in [9.17, 15) is 14.9 Å². The molecular formula is C29H32N4O4. The predicted molar refractivity (Wildman–Crippen MR) is 144 cm³/mol. The lowest BCUT2D eigenvalue weighted by atomic mass is 9.76. The molecule has 0 N–H and O–H groups in total. The van der Waals surface area contributed by atoms with Crippen molar-refractivity contribution >= 4 is 22.7 Å². The van der Waals surface area contributed by atoms with E-state index >= 15 is 0 Å². The Morgan fingerprint density at radius 3 is 2.00 bits per heavy atom. The normalized spacial score (nSPS) is 12.1. The zero-order valence-electron chi connectivity index (χ0n) is 22.1. The molecule has 0 unspecified atom stereocenters. The highest BCUT2D eigenvalue weighted by molar-refractivity contribution is 5.92. The molecule has 3 aromatic carbocycles. The number of fused-ring (bicyclic) bond motifs is 1. The van der Waals surface area contributed by atoms with E-state index in [-0.39, 0.29) is 22.1 Å². The smallest absolute Gasteiger partial charge is 0.343 e. The minimum absolute atomic E-state index is 0.0939. The maximum absolute atomic E-state index is 13.3. The van der Waals surface area contributed by atoms with Gasteiger partial charge >= 0.3 is 5.97 Å². The molecule has 0 radical (unpaired) electrons. The first-order valence-electron chi connectivity index (χ1n) is 12.4. The Morgan fingerprint density at radius 1 is 0.919 bits per heavy atom. The molecule has 0 aliphatic rings. The minimum atomic E-state index is -0.608. The highest BCUT2D eigenvalue weighted by atomic mass is 16.6. The summed E-state index contributed by atoms with van der Waals surface area (Å²) in [7, 11) is 0. The molecule has 8 heteroatoms. The first-order chi connectivity index (χ1) is 17.5. The maximum Gasteiger partial charge on any atom is 0.343 e. The molecule has 0 amide bonds. The lowest BCUT2D eigenvalue weighted by Crippen LogP contribution is -2.24. The molecule has 0 atom stereocenters. The van der Waals surface area contributed by atoms with Crippen LogP contribution in [-0.2, 0) is 10.8 Å². The van der Waals surface area contributed by atoms with Gasteiger partial charge in [-0.05, 0) is 59.6 Å². The highest BCUT2D eigenvalue weighted by Crippen LogP contribution is 2.42. The summed E-state index contributed by atoms with van der Waals surface area (Å²) in [6, 6.07) is 17.1. The molecule has 192 valence electrons. The van der Waals surface area contributed by atoms with Gasteiger partial charge in [0.25, 0.3) is 5.69 Å². The molecule has 0 aliphatic heterocycles. The summed E-state index contributed by atoms with van der Waals surface area (Å²) >= 11 is 0. The van der Waals surface area contributed by atoms with E-state index in [2.05, 4.69) is 47.6 Å². The zero-order valence-corrected chi connectivity index (χ0v) is 22.1. The van der Waals surface area contributed by atoms with Crippen LogP contribution in [0, 0.1) is 10.1 Å². The van der Waals surface area contributed by atoms with Crippen molar-refractivity contribution < 1.29 is 14.5 Å². The van der Waals surface area contributed by atoms with Gasteiger partial charge in [-0.1, -0.05) is 59.7 Å². The number of nitro groups is 1. The van der Waals surface area contributed by atoms with Crippen molar-refractivity contribution in [2.75, 3.05) is 0 Å². The third kappa shape index (κ3) is 5.09. The number of esters is 1. The van der Waals surface area contributed by atoms with Crippen molar-refractivity contribution in [3.05, 3.63) is 87.5 Å². The van der Waals surface area contributed by atoms with E-state index in [1.807, 2.05) is 30.3 Å². The molecule has 0 saturated heterocycles. The van der Waals surface area contributed by atoms with Crippen LogP contribution >= 0.6 is 0 Å². The number of hydrogen-bond acceptors (Lipinski definition) is 6. The summed E-state index contributed by atoms with van der Waals surface area (Å²) in [6.07, 6.45) is 1.72. The van der Waals surface area contributed by atoms with Crippen LogP contribution in [0.25, 0.3) is 16.7 Å². The van der Waals surface area contributed by atoms with Gasteiger partial charge in [-0.25, -0.2) is 4.79 Å².